The van der Waals surface area contributed by atoms with E-state index in [0.29, 0.717) is 5.92 Å². The molecule has 0 radical (unpaired) electrons. The van der Waals surface area contributed by atoms with Crippen LogP contribution in [0.15, 0.2) is 48.5 Å². The van der Waals surface area contributed by atoms with E-state index < -0.39 is 0 Å². The Balaban J connectivity index is 1.50. The minimum Gasteiger partial charge on any atom is -0.497 e. The molecule has 0 aliphatic carbocycles. The van der Waals surface area contributed by atoms with Crippen LogP contribution >= 0.6 is 11.8 Å². The second kappa shape index (κ2) is 10.5. The second-order valence-electron chi connectivity index (χ2n) is 7.71. The van der Waals surface area contributed by atoms with Gasteiger partial charge in [0.1, 0.15) is 11.2 Å². The van der Waals surface area contributed by atoms with Crippen molar-refractivity contribution >= 4 is 29.3 Å². The highest BCUT2D eigenvalue weighted by molar-refractivity contribution is 7.99. The highest BCUT2D eigenvalue weighted by Crippen LogP contribution is 2.22. The molecule has 2 aromatic carbocycles. The fourth-order valence-electron chi connectivity index (χ4n) is 3.29. The molecule has 3 N–H and O–H groups in total. The van der Waals surface area contributed by atoms with Crippen molar-refractivity contribution in [1.29, 1.82) is 0 Å². The fraction of sp³-hybridized carbons (Fsp3) is 0.391. The normalized spacial score (nSPS) is 18.7. The predicted octanol–water partition coefficient (Wildman–Crippen LogP) is 3.84. The molecule has 7 heteroatoms. The molecule has 1 aliphatic heterocycles. The van der Waals surface area contributed by atoms with E-state index in [2.05, 4.69) is 29.8 Å². The average molecular weight is 428 g/mol. The molecule has 1 aliphatic rings. The summed E-state index contributed by atoms with van der Waals surface area (Å²) in [7, 11) is 1.64. The summed E-state index contributed by atoms with van der Waals surface area (Å²) in [5, 5.41) is 9.22. The Hall–Kier alpha value is -2.51. The van der Waals surface area contributed by atoms with Crippen LogP contribution in [-0.4, -0.2) is 30.5 Å². The summed E-state index contributed by atoms with van der Waals surface area (Å²) in [5.41, 5.74) is 2.88. The number of benzene rings is 2. The van der Waals surface area contributed by atoms with Crippen LogP contribution in [0.5, 0.6) is 5.75 Å². The third kappa shape index (κ3) is 6.50. The summed E-state index contributed by atoms with van der Waals surface area (Å²) in [5.74, 6) is 1.83. The van der Waals surface area contributed by atoms with Gasteiger partial charge < -0.3 is 15.4 Å². The van der Waals surface area contributed by atoms with Gasteiger partial charge in [0, 0.05) is 30.3 Å². The number of methoxy groups -OCH3 is 1. The Morgan fingerprint density at radius 3 is 2.70 bits per heavy atom. The molecule has 2 amide bonds. The number of carbonyl (C=O) groups is 2. The van der Waals surface area contributed by atoms with Gasteiger partial charge in [-0.3, -0.25) is 14.9 Å². The highest BCUT2D eigenvalue weighted by Gasteiger charge is 2.27. The smallest absolute Gasteiger partial charge is 0.225 e. The van der Waals surface area contributed by atoms with Crippen molar-refractivity contribution < 1.29 is 14.3 Å². The van der Waals surface area contributed by atoms with Gasteiger partial charge in [-0.2, -0.15) is 0 Å². The van der Waals surface area contributed by atoms with Crippen LogP contribution in [0, 0.1) is 0 Å². The molecular weight excluding hydrogens is 398 g/mol. The van der Waals surface area contributed by atoms with Crippen LogP contribution in [0.25, 0.3) is 0 Å². The van der Waals surface area contributed by atoms with E-state index in [9.17, 15) is 9.59 Å². The van der Waals surface area contributed by atoms with Crippen molar-refractivity contribution in [3.05, 3.63) is 59.7 Å². The van der Waals surface area contributed by atoms with E-state index in [1.807, 2.05) is 48.5 Å². The Bertz CT molecular complexity index is 870. The van der Waals surface area contributed by atoms with Gasteiger partial charge in [0.25, 0.3) is 0 Å². The Labute approximate surface area is 182 Å². The number of hydrogen-bond acceptors (Lipinski definition) is 5. The van der Waals surface area contributed by atoms with Gasteiger partial charge in [-0.05, 0) is 41.3 Å². The van der Waals surface area contributed by atoms with Crippen molar-refractivity contribution in [1.82, 2.24) is 10.6 Å². The van der Waals surface area contributed by atoms with Gasteiger partial charge in [-0.25, -0.2) is 0 Å². The summed E-state index contributed by atoms with van der Waals surface area (Å²) in [6, 6.07) is 15.5. The number of nitrogens with one attached hydrogen (secondary N) is 3. The standard InChI is InChI=1S/C23H29N3O3S/c1-15(2)17-7-9-18(10-8-17)24-21(27)12-19-13-22(28)26-23(25-19)30-14-16-5-4-6-20(11-16)29-3/h4-11,15,19,23,25H,12-14H2,1-3H3,(H,24,27)(H,26,28). The fourth-order valence-corrected chi connectivity index (χ4v) is 4.34. The van der Waals surface area contributed by atoms with Gasteiger partial charge in [0.15, 0.2) is 0 Å². The quantitative estimate of drug-likeness (QED) is 0.596. The first-order valence-corrected chi connectivity index (χ1v) is 11.2. The molecule has 3 rings (SSSR count). The van der Waals surface area contributed by atoms with Crippen LogP contribution < -0.4 is 20.7 Å². The van der Waals surface area contributed by atoms with Crippen molar-refractivity contribution in [3.63, 3.8) is 0 Å². The van der Waals surface area contributed by atoms with E-state index in [4.69, 9.17) is 4.74 Å². The molecule has 0 spiro atoms. The van der Waals surface area contributed by atoms with Crippen molar-refractivity contribution in [3.8, 4) is 5.75 Å². The molecule has 2 aromatic rings. The molecule has 1 heterocycles. The van der Waals surface area contributed by atoms with Gasteiger partial charge in [0.2, 0.25) is 11.8 Å². The summed E-state index contributed by atoms with van der Waals surface area (Å²) < 4.78 is 5.25. The lowest BCUT2D eigenvalue weighted by molar-refractivity contribution is -0.124. The lowest BCUT2D eigenvalue weighted by atomic mass is 10.0. The van der Waals surface area contributed by atoms with Gasteiger partial charge >= 0.3 is 0 Å². The topological polar surface area (TPSA) is 79.5 Å². The van der Waals surface area contributed by atoms with Gasteiger partial charge in [0.05, 0.1) is 7.11 Å². The molecule has 1 fully saturated rings. The lowest BCUT2D eigenvalue weighted by Crippen LogP contribution is -2.55. The number of ether oxygens (including phenoxy) is 1. The van der Waals surface area contributed by atoms with E-state index in [1.165, 1.54) is 5.56 Å². The Morgan fingerprint density at radius 1 is 1.23 bits per heavy atom. The van der Waals surface area contributed by atoms with Crippen LogP contribution in [0.3, 0.4) is 0 Å². The Morgan fingerprint density at radius 2 is 2.00 bits per heavy atom. The predicted molar refractivity (Wildman–Crippen MR) is 122 cm³/mol. The van der Waals surface area contributed by atoms with E-state index in [0.717, 1.165) is 22.8 Å². The number of rotatable bonds is 8. The summed E-state index contributed by atoms with van der Waals surface area (Å²) in [6.45, 7) is 4.27. The van der Waals surface area contributed by atoms with E-state index in [1.54, 1.807) is 18.9 Å². The first-order valence-electron chi connectivity index (χ1n) is 10.1. The van der Waals surface area contributed by atoms with Crippen LogP contribution in [0.2, 0.25) is 0 Å². The molecule has 0 saturated carbocycles. The number of anilines is 1. The number of hydrogen-bond donors (Lipinski definition) is 3. The minimum atomic E-state index is -0.236. The van der Waals surface area contributed by atoms with E-state index >= 15 is 0 Å². The van der Waals surface area contributed by atoms with Gasteiger partial charge in [-0.1, -0.05) is 38.1 Å². The van der Waals surface area contributed by atoms with Crippen LogP contribution in [0.1, 0.15) is 43.7 Å². The van der Waals surface area contributed by atoms with E-state index in [-0.39, 0.29) is 36.2 Å². The van der Waals surface area contributed by atoms with Crippen LogP contribution in [-0.2, 0) is 15.3 Å². The molecule has 0 aromatic heterocycles. The monoisotopic (exact) mass is 427 g/mol. The van der Waals surface area contributed by atoms with Crippen LogP contribution in [0.4, 0.5) is 5.69 Å². The summed E-state index contributed by atoms with van der Waals surface area (Å²) in [4.78, 5) is 24.6. The zero-order chi connectivity index (χ0) is 21.5. The van der Waals surface area contributed by atoms with Crippen molar-refractivity contribution in [2.24, 2.45) is 0 Å². The third-order valence-corrected chi connectivity index (χ3v) is 6.04. The molecular formula is C23H29N3O3S. The summed E-state index contributed by atoms with van der Waals surface area (Å²) >= 11 is 1.58. The zero-order valence-electron chi connectivity index (χ0n) is 17.6. The average Bonchev–Trinajstić information content (AvgIpc) is 2.72. The number of thioether (sulfide) groups is 1. The third-order valence-electron chi connectivity index (χ3n) is 4.95. The maximum atomic E-state index is 12.5. The minimum absolute atomic E-state index is 0.0454. The van der Waals surface area contributed by atoms with Gasteiger partial charge in [-0.15, -0.1) is 11.8 Å². The molecule has 6 nitrogen and oxygen atoms in total. The van der Waals surface area contributed by atoms with Crippen molar-refractivity contribution in [2.45, 2.75) is 49.9 Å². The lowest BCUT2D eigenvalue weighted by Gasteiger charge is -2.31. The van der Waals surface area contributed by atoms with Crippen molar-refractivity contribution in [2.75, 3.05) is 12.4 Å². The zero-order valence-corrected chi connectivity index (χ0v) is 18.4. The molecule has 2 unspecified atom stereocenters. The molecule has 1 saturated heterocycles. The molecule has 2 atom stereocenters. The first-order chi connectivity index (χ1) is 14.4. The SMILES string of the molecule is COc1cccc(CSC2NC(=O)CC(CC(=O)Nc3ccc(C(C)C)cc3)N2)c1. The second-order valence-corrected chi connectivity index (χ2v) is 8.80. The number of carbonyl (C=O) groups excluding carboxylic acids is 2. The highest BCUT2D eigenvalue weighted by atomic mass is 32.2. The summed E-state index contributed by atoms with van der Waals surface area (Å²) in [6.07, 6.45) is 0.533. The maximum absolute atomic E-state index is 12.5. The Kier molecular flexibility index (Phi) is 7.76. The number of amides is 2. The molecule has 0 bridgehead atoms. The molecule has 160 valence electrons. The first kappa shape index (κ1) is 22.2. The maximum Gasteiger partial charge on any atom is 0.225 e. The largest absolute Gasteiger partial charge is 0.497 e. The molecule has 30 heavy (non-hydrogen) atoms.